The molecule has 0 radical (unpaired) electrons. The molecule has 1 heterocycles. The first-order valence-electron chi connectivity index (χ1n) is 9.93. The van der Waals surface area contributed by atoms with Gasteiger partial charge in [-0.05, 0) is 31.3 Å². The second kappa shape index (κ2) is 9.59. The van der Waals surface area contributed by atoms with Gasteiger partial charge >= 0.3 is 0 Å². The molecule has 2 aromatic carbocycles. The van der Waals surface area contributed by atoms with Crippen molar-refractivity contribution in [1.82, 2.24) is 14.9 Å². The minimum atomic E-state index is -3.47. The predicted molar refractivity (Wildman–Crippen MR) is 117 cm³/mol. The van der Waals surface area contributed by atoms with Gasteiger partial charge in [0.2, 0.25) is 15.9 Å². The molecule has 162 valence electrons. The fourth-order valence-electron chi connectivity index (χ4n) is 3.66. The number of carbonyl (C=O) groups excluding carboxylic acids is 1. The Kier molecular flexibility index (Phi) is 7.12. The van der Waals surface area contributed by atoms with Crippen LogP contribution in [0.5, 0.6) is 5.75 Å². The van der Waals surface area contributed by atoms with E-state index >= 15 is 0 Å². The van der Waals surface area contributed by atoms with E-state index < -0.39 is 16.1 Å². The minimum absolute atomic E-state index is 0.0164. The lowest BCUT2D eigenvalue weighted by Gasteiger charge is -2.28. The van der Waals surface area contributed by atoms with Gasteiger partial charge < -0.3 is 15.0 Å². The van der Waals surface area contributed by atoms with Crippen LogP contribution >= 0.6 is 0 Å². The van der Waals surface area contributed by atoms with Crippen molar-refractivity contribution in [3.05, 3.63) is 65.2 Å². The second-order valence-corrected chi connectivity index (χ2v) is 9.70. The highest BCUT2D eigenvalue weighted by molar-refractivity contribution is 7.88. The van der Waals surface area contributed by atoms with E-state index in [1.54, 1.807) is 0 Å². The molecular formula is C22H29N3O4S. The fraction of sp³-hybridized carbons (Fsp3) is 0.409. The average Bonchev–Trinajstić information content (AvgIpc) is 2.66. The first-order chi connectivity index (χ1) is 14.2. The van der Waals surface area contributed by atoms with Gasteiger partial charge in [0.1, 0.15) is 5.75 Å². The molecule has 8 heteroatoms. The van der Waals surface area contributed by atoms with Crippen LogP contribution in [0.15, 0.2) is 48.5 Å². The topological polar surface area (TPSA) is 87.7 Å². The molecule has 0 bridgehead atoms. The maximum Gasteiger partial charge on any atom is 0.222 e. The minimum Gasteiger partial charge on any atom is -0.493 e. The third-order valence-electron chi connectivity index (χ3n) is 4.90. The summed E-state index contributed by atoms with van der Waals surface area (Å²) in [6.45, 7) is 1.33. The number of ether oxygens (including phenoxy) is 1. The molecular weight excluding hydrogens is 402 g/mol. The molecule has 2 unspecified atom stereocenters. The molecule has 2 atom stereocenters. The van der Waals surface area contributed by atoms with Crippen LogP contribution in [0.1, 0.15) is 41.6 Å². The molecule has 0 aromatic heterocycles. The van der Waals surface area contributed by atoms with E-state index in [0.717, 1.165) is 35.2 Å². The van der Waals surface area contributed by atoms with Crippen LogP contribution < -0.4 is 14.8 Å². The number of rotatable bonds is 8. The zero-order valence-corrected chi connectivity index (χ0v) is 18.4. The molecule has 1 aliphatic heterocycles. The summed E-state index contributed by atoms with van der Waals surface area (Å²) >= 11 is 0. The van der Waals surface area contributed by atoms with Crippen LogP contribution in [0.3, 0.4) is 0 Å². The predicted octanol–water partition coefficient (Wildman–Crippen LogP) is 2.37. The van der Waals surface area contributed by atoms with Gasteiger partial charge in [-0.3, -0.25) is 4.79 Å². The Morgan fingerprint density at radius 2 is 1.93 bits per heavy atom. The Morgan fingerprint density at radius 1 is 1.20 bits per heavy atom. The fourth-order valence-corrected chi connectivity index (χ4v) is 4.39. The van der Waals surface area contributed by atoms with Gasteiger partial charge in [-0.2, -0.15) is 0 Å². The normalized spacial score (nSPS) is 17.1. The number of nitrogens with zero attached hydrogens (tertiary/aromatic N) is 1. The van der Waals surface area contributed by atoms with E-state index in [2.05, 4.69) is 14.9 Å². The smallest absolute Gasteiger partial charge is 0.222 e. The highest BCUT2D eigenvalue weighted by Crippen LogP contribution is 2.33. The Hall–Kier alpha value is -2.42. The van der Waals surface area contributed by atoms with Crippen LogP contribution in [0.25, 0.3) is 0 Å². The van der Waals surface area contributed by atoms with Crippen molar-refractivity contribution in [3.8, 4) is 5.75 Å². The summed E-state index contributed by atoms with van der Waals surface area (Å²) in [5.41, 5.74) is 2.84. The number of nitrogens with one attached hydrogen (secondary N) is 2. The molecule has 0 aliphatic carbocycles. The molecule has 1 aliphatic rings. The number of benzene rings is 2. The number of amides is 1. The van der Waals surface area contributed by atoms with Crippen molar-refractivity contribution in [3.63, 3.8) is 0 Å². The van der Waals surface area contributed by atoms with E-state index in [0.29, 0.717) is 13.0 Å². The average molecular weight is 432 g/mol. The van der Waals surface area contributed by atoms with E-state index in [9.17, 15) is 13.2 Å². The number of hydrogen-bond donors (Lipinski definition) is 2. The summed E-state index contributed by atoms with van der Waals surface area (Å²) in [6.07, 6.45) is 1.78. The highest BCUT2D eigenvalue weighted by atomic mass is 32.2. The van der Waals surface area contributed by atoms with Crippen LogP contribution in [0.4, 0.5) is 0 Å². The first kappa shape index (κ1) is 22.3. The first-order valence-corrected chi connectivity index (χ1v) is 11.8. The summed E-state index contributed by atoms with van der Waals surface area (Å²) in [6, 6.07) is 14.4. The van der Waals surface area contributed by atoms with E-state index in [1.165, 1.54) is 0 Å². The zero-order chi connectivity index (χ0) is 21.7. The monoisotopic (exact) mass is 431 g/mol. The Balaban J connectivity index is 1.72. The summed E-state index contributed by atoms with van der Waals surface area (Å²) in [4.78, 5) is 14.9. The molecule has 0 fully saturated rings. The van der Waals surface area contributed by atoms with Gasteiger partial charge in [-0.15, -0.1) is 0 Å². The van der Waals surface area contributed by atoms with Crippen LogP contribution in [0, 0.1) is 0 Å². The Morgan fingerprint density at radius 3 is 2.60 bits per heavy atom. The summed E-state index contributed by atoms with van der Waals surface area (Å²) < 4.78 is 32.0. The lowest BCUT2D eigenvalue weighted by atomic mass is 9.97. The molecule has 1 amide bonds. The van der Waals surface area contributed by atoms with Crippen molar-refractivity contribution in [2.75, 3.05) is 27.0 Å². The van der Waals surface area contributed by atoms with Crippen LogP contribution in [-0.4, -0.2) is 46.2 Å². The Bertz CT molecular complexity index is 977. The Labute approximate surface area is 178 Å². The van der Waals surface area contributed by atoms with Gasteiger partial charge in [0.15, 0.2) is 0 Å². The molecule has 2 N–H and O–H groups in total. The quantitative estimate of drug-likeness (QED) is 0.670. The lowest BCUT2D eigenvalue weighted by Crippen LogP contribution is -2.36. The standard InChI is InChI=1S/C22H29N3O4S/c1-25(2)15-16-9-10-18-19(11-12-29-21(18)13-16)23-22(26)14-20(24-30(3,27)28)17-7-5-4-6-8-17/h4-10,13,19-20,24H,11-12,14-15H2,1-3H3,(H,23,26). The summed E-state index contributed by atoms with van der Waals surface area (Å²) in [5.74, 6) is 0.579. The lowest BCUT2D eigenvalue weighted by molar-refractivity contribution is -0.122. The van der Waals surface area contributed by atoms with Gasteiger partial charge in [0.25, 0.3) is 0 Å². The van der Waals surface area contributed by atoms with E-state index in [-0.39, 0.29) is 18.4 Å². The van der Waals surface area contributed by atoms with Crippen LogP contribution in [0.2, 0.25) is 0 Å². The number of fused-ring (bicyclic) bond motifs is 1. The molecule has 30 heavy (non-hydrogen) atoms. The molecule has 0 spiro atoms. The molecule has 0 saturated carbocycles. The van der Waals surface area contributed by atoms with Crippen LogP contribution in [-0.2, 0) is 21.4 Å². The molecule has 3 rings (SSSR count). The number of carbonyl (C=O) groups is 1. The second-order valence-electron chi connectivity index (χ2n) is 7.92. The van der Waals surface area contributed by atoms with Crippen molar-refractivity contribution in [2.24, 2.45) is 0 Å². The number of hydrogen-bond acceptors (Lipinski definition) is 5. The SMILES string of the molecule is CN(C)Cc1ccc2c(c1)OCCC2NC(=O)CC(NS(C)(=O)=O)c1ccccc1. The zero-order valence-electron chi connectivity index (χ0n) is 17.6. The van der Waals surface area contributed by atoms with Gasteiger partial charge in [0, 0.05) is 24.9 Å². The van der Waals surface area contributed by atoms with Crippen molar-refractivity contribution in [1.29, 1.82) is 0 Å². The van der Waals surface area contributed by atoms with Gasteiger partial charge in [-0.25, -0.2) is 13.1 Å². The maximum absolute atomic E-state index is 12.8. The summed E-state index contributed by atoms with van der Waals surface area (Å²) in [7, 11) is 0.554. The maximum atomic E-state index is 12.8. The van der Waals surface area contributed by atoms with Crippen molar-refractivity contribution in [2.45, 2.75) is 31.5 Å². The third-order valence-corrected chi connectivity index (χ3v) is 5.61. The van der Waals surface area contributed by atoms with E-state index in [4.69, 9.17) is 4.74 Å². The van der Waals surface area contributed by atoms with Gasteiger partial charge in [-0.1, -0.05) is 42.5 Å². The molecule has 2 aromatic rings. The molecule has 7 nitrogen and oxygen atoms in total. The molecule has 0 saturated heterocycles. The third kappa shape index (κ3) is 6.29. The van der Waals surface area contributed by atoms with Crippen molar-refractivity contribution >= 4 is 15.9 Å². The summed E-state index contributed by atoms with van der Waals surface area (Å²) in [5, 5.41) is 3.06. The largest absolute Gasteiger partial charge is 0.493 e. The highest BCUT2D eigenvalue weighted by Gasteiger charge is 2.26. The number of sulfonamides is 1. The van der Waals surface area contributed by atoms with E-state index in [1.807, 2.05) is 62.6 Å². The van der Waals surface area contributed by atoms with Crippen molar-refractivity contribution < 1.29 is 17.9 Å². The van der Waals surface area contributed by atoms with Gasteiger partial charge in [0.05, 0.1) is 24.9 Å².